The van der Waals surface area contributed by atoms with Crippen LogP contribution >= 0.6 is 0 Å². The maximum absolute atomic E-state index is 12.6. The molecule has 0 atom stereocenters. The van der Waals surface area contributed by atoms with Crippen molar-refractivity contribution in [3.63, 3.8) is 0 Å². The van der Waals surface area contributed by atoms with Crippen LogP contribution in [0.2, 0.25) is 0 Å². The van der Waals surface area contributed by atoms with Crippen LogP contribution in [0.5, 0.6) is 5.75 Å². The fourth-order valence-electron chi connectivity index (χ4n) is 3.11. The van der Waals surface area contributed by atoms with Gasteiger partial charge in [-0.3, -0.25) is 9.63 Å². The first-order chi connectivity index (χ1) is 12.9. The zero-order valence-corrected chi connectivity index (χ0v) is 16.3. The number of methoxy groups -OCH3 is 1. The summed E-state index contributed by atoms with van der Waals surface area (Å²) in [6, 6.07) is 10.1. The average Bonchev–Trinajstić information content (AvgIpc) is 3.14. The van der Waals surface area contributed by atoms with E-state index in [2.05, 4.69) is 5.32 Å². The van der Waals surface area contributed by atoms with Crippen molar-refractivity contribution in [1.82, 2.24) is 4.47 Å². The number of carbonyl (C=O) groups is 1. The lowest BCUT2D eigenvalue weighted by molar-refractivity contribution is -0.0259. The molecule has 1 amide bonds. The van der Waals surface area contributed by atoms with Crippen LogP contribution in [0.15, 0.2) is 41.3 Å². The van der Waals surface area contributed by atoms with Gasteiger partial charge in [-0.1, -0.05) is 10.5 Å². The molecule has 1 aliphatic rings. The van der Waals surface area contributed by atoms with Gasteiger partial charge >= 0.3 is 0 Å². The van der Waals surface area contributed by atoms with Crippen molar-refractivity contribution in [3.8, 4) is 5.75 Å². The van der Waals surface area contributed by atoms with Gasteiger partial charge in [-0.25, -0.2) is 8.42 Å². The lowest BCUT2D eigenvalue weighted by Crippen LogP contribution is -2.26. The zero-order valence-electron chi connectivity index (χ0n) is 15.5. The highest BCUT2D eigenvalue weighted by molar-refractivity contribution is 7.89. The Morgan fingerprint density at radius 1 is 1.07 bits per heavy atom. The normalized spacial score (nSPS) is 13.5. The van der Waals surface area contributed by atoms with E-state index in [4.69, 9.17) is 9.57 Å². The van der Waals surface area contributed by atoms with Crippen molar-refractivity contribution < 1.29 is 22.8 Å². The van der Waals surface area contributed by atoms with Crippen LogP contribution in [-0.4, -0.2) is 40.1 Å². The molecule has 0 bridgehead atoms. The molecule has 0 unspecified atom stereocenters. The van der Waals surface area contributed by atoms with Crippen LogP contribution in [0.25, 0.3) is 0 Å². The fourth-order valence-corrected chi connectivity index (χ4v) is 4.26. The molecule has 0 aliphatic heterocycles. The number of hydrogen-bond donors (Lipinski definition) is 1. The summed E-state index contributed by atoms with van der Waals surface area (Å²) in [5, 5.41) is 2.83. The van der Waals surface area contributed by atoms with Gasteiger partial charge in [0.2, 0.25) is 0 Å². The molecule has 8 heteroatoms. The minimum atomic E-state index is -3.96. The summed E-state index contributed by atoms with van der Waals surface area (Å²) in [7, 11) is -0.0817. The van der Waals surface area contributed by atoms with Gasteiger partial charge in [-0.05, 0) is 60.7 Å². The molecule has 144 valence electrons. The van der Waals surface area contributed by atoms with E-state index in [1.165, 1.54) is 50.6 Å². The fraction of sp³-hybridized carbons (Fsp3) is 0.316. The molecule has 1 aliphatic carbocycles. The number of aryl methyl sites for hydroxylation is 2. The molecule has 0 saturated carbocycles. The molecule has 2 aromatic carbocycles. The maximum atomic E-state index is 12.6. The molecule has 0 aromatic heterocycles. The Balaban J connectivity index is 1.90. The topological polar surface area (TPSA) is 84.9 Å². The van der Waals surface area contributed by atoms with Crippen LogP contribution in [0.3, 0.4) is 0 Å². The van der Waals surface area contributed by atoms with Crippen LogP contribution in [0.1, 0.15) is 27.9 Å². The molecule has 0 heterocycles. The number of sulfonamides is 1. The molecule has 7 nitrogen and oxygen atoms in total. The summed E-state index contributed by atoms with van der Waals surface area (Å²) in [5.41, 5.74) is 3.45. The first-order valence-corrected chi connectivity index (χ1v) is 9.95. The first kappa shape index (κ1) is 19.3. The first-order valence-electron chi connectivity index (χ1n) is 8.51. The number of amides is 1. The average molecular weight is 390 g/mol. The molecular formula is C19H22N2O5S. The van der Waals surface area contributed by atoms with Crippen LogP contribution in [0, 0.1) is 0 Å². The van der Waals surface area contributed by atoms with Gasteiger partial charge in [0.15, 0.2) is 0 Å². The molecule has 0 spiro atoms. The molecule has 0 fully saturated rings. The van der Waals surface area contributed by atoms with Gasteiger partial charge in [0.05, 0.1) is 14.2 Å². The van der Waals surface area contributed by atoms with E-state index >= 15 is 0 Å². The zero-order chi connectivity index (χ0) is 19.6. The van der Waals surface area contributed by atoms with E-state index in [-0.39, 0.29) is 16.2 Å². The van der Waals surface area contributed by atoms with Gasteiger partial charge in [0, 0.05) is 18.3 Å². The van der Waals surface area contributed by atoms with Crippen LogP contribution in [0.4, 0.5) is 5.69 Å². The Kier molecular flexibility index (Phi) is 5.50. The summed E-state index contributed by atoms with van der Waals surface area (Å²) < 4.78 is 31.0. The number of nitrogens with one attached hydrogen (secondary N) is 1. The summed E-state index contributed by atoms with van der Waals surface area (Å²) in [5.74, 6) is -0.264. The number of benzene rings is 2. The molecule has 3 rings (SSSR count). The Hall–Kier alpha value is -2.42. The van der Waals surface area contributed by atoms with E-state index < -0.39 is 15.9 Å². The SMILES string of the molecule is COc1ccc(C(=O)Nc2ccc3c(c2)CCC3)cc1S(=O)(=O)N(C)OC. The number of hydroxylamine groups is 1. The quantitative estimate of drug-likeness (QED) is 0.767. The van der Waals surface area contributed by atoms with E-state index in [0.29, 0.717) is 10.2 Å². The van der Waals surface area contributed by atoms with Crippen molar-refractivity contribution >= 4 is 21.6 Å². The second kappa shape index (κ2) is 7.67. The summed E-state index contributed by atoms with van der Waals surface area (Å²) >= 11 is 0. The minimum absolute atomic E-state index is 0.132. The number of rotatable bonds is 6. The predicted octanol–water partition coefficient (Wildman–Crippen LogP) is 2.62. The Labute approximate surface area is 158 Å². The van der Waals surface area contributed by atoms with E-state index in [1.54, 1.807) is 0 Å². The van der Waals surface area contributed by atoms with Crippen LogP contribution < -0.4 is 10.1 Å². The third-order valence-corrected chi connectivity index (χ3v) is 6.36. The number of fused-ring (bicyclic) bond motifs is 1. The molecule has 1 N–H and O–H groups in total. The Morgan fingerprint density at radius 3 is 2.52 bits per heavy atom. The van der Waals surface area contributed by atoms with Gasteiger partial charge in [0.25, 0.3) is 15.9 Å². The molecule has 0 radical (unpaired) electrons. The second-order valence-electron chi connectivity index (χ2n) is 6.25. The van der Waals surface area contributed by atoms with Crippen molar-refractivity contribution in [3.05, 3.63) is 53.1 Å². The molecule has 0 saturated heterocycles. The number of anilines is 1. The van der Waals surface area contributed by atoms with Gasteiger partial charge in [-0.2, -0.15) is 0 Å². The van der Waals surface area contributed by atoms with Gasteiger partial charge in [-0.15, -0.1) is 0 Å². The van der Waals surface area contributed by atoms with E-state index in [0.717, 1.165) is 19.3 Å². The van der Waals surface area contributed by atoms with E-state index in [1.807, 2.05) is 18.2 Å². The van der Waals surface area contributed by atoms with Crippen molar-refractivity contribution in [2.75, 3.05) is 26.6 Å². The summed E-state index contributed by atoms with van der Waals surface area (Å²) in [4.78, 5) is 17.3. The highest BCUT2D eigenvalue weighted by Crippen LogP contribution is 2.28. The monoisotopic (exact) mass is 390 g/mol. The van der Waals surface area contributed by atoms with E-state index in [9.17, 15) is 13.2 Å². The molecular weight excluding hydrogens is 368 g/mol. The Morgan fingerprint density at radius 2 is 1.81 bits per heavy atom. The summed E-state index contributed by atoms with van der Waals surface area (Å²) in [6.45, 7) is 0. The smallest absolute Gasteiger partial charge is 0.268 e. The number of carbonyl (C=O) groups excluding carboxylic acids is 1. The van der Waals surface area contributed by atoms with Crippen molar-refractivity contribution in [2.45, 2.75) is 24.2 Å². The molecule has 27 heavy (non-hydrogen) atoms. The highest BCUT2D eigenvalue weighted by Gasteiger charge is 2.26. The number of ether oxygens (including phenoxy) is 1. The second-order valence-corrected chi connectivity index (χ2v) is 8.16. The number of nitrogens with zero attached hydrogens (tertiary/aromatic N) is 1. The Bertz CT molecular complexity index is 972. The van der Waals surface area contributed by atoms with Gasteiger partial charge < -0.3 is 10.1 Å². The summed E-state index contributed by atoms with van der Waals surface area (Å²) in [6.07, 6.45) is 3.20. The number of hydrogen-bond acceptors (Lipinski definition) is 5. The van der Waals surface area contributed by atoms with Gasteiger partial charge in [0.1, 0.15) is 10.6 Å². The largest absolute Gasteiger partial charge is 0.495 e. The lowest BCUT2D eigenvalue weighted by Gasteiger charge is -2.17. The highest BCUT2D eigenvalue weighted by atomic mass is 32.2. The van der Waals surface area contributed by atoms with Crippen molar-refractivity contribution in [1.29, 1.82) is 0 Å². The van der Waals surface area contributed by atoms with Crippen molar-refractivity contribution in [2.24, 2.45) is 0 Å². The predicted molar refractivity (Wildman–Crippen MR) is 101 cm³/mol. The lowest BCUT2D eigenvalue weighted by atomic mass is 10.1. The minimum Gasteiger partial charge on any atom is -0.495 e. The third-order valence-electron chi connectivity index (χ3n) is 4.66. The maximum Gasteiger partial charge on any atom is 0.268 e. The molecule has 2 aromatic rings. The third kappa shape index (κ3) is 3.83. The van der Waals surface area contributed by atoms with Crippen LogP contribution in [-0.2, 0) is 27.7 Å². The standard InChI is InChI=1S/C19H22N2O5S/c1-21(26-3)27(23,24)18-12-15(8-10-17(18)25-2)19(22)20-16-9-7-13-5-4-6-14(13)11-16/h7-12H,4-6H2,1-3H3,(H,20,22).